The molecule has 0 aliphatic heterocycles. The minimum Gasteiger partial charge on any atom is -0.278 e. The third-order valence-corrected chi connectivity index (χ3v) is 6.63. The second kappa shape index (κ2) is 10.5. The Hall–Kier alpha value is -4.03. The number of hydroxylamine groups is 1. The van der Waals surface area contributed by atoms with E-state index < -0.39 is 33.4 Å². The van der Waals surface area contributed by atoms with Crippen molar-refractivity contribution in [3.8, 4) is 17.2 Å². The highest BCUT2D eigenvalue weighted by Gasteiger charge is 2.60. The Morgan fingerprint density at radius 2 is 1.76 bits per heavy atom. The molecule has 3 rings (SSSR count). The van der Waals surface area contributed by atoms with Crippen LogP contribution in [0.4, 0.5) is 27.8 Å². The highest BCUT2D eigenvalue weighted by molar-refractivity contribution is 7.91. The number of hydrogen-bond donors (Lipinski definition) is 1. The summed E-state index contributed by atoms with van der Waals surface area (Å²) in [7, 11) is -2.75. The number of nitrogens with zero attached hydrogens (tertiary/aromatic N) is 5. The summed E-state index contributed by atoms with van der Waals surface area (Å²) in [6, 6.07) is 10.7. The van der Waals surface area contributed by atoms with Crippen LogP contribution < -0.4 is 5.48 Å². The van der Waals surface area contributed by atoms with Gasteiger partial charge in [-0.15, -0.1) is 10.2 Å². The van der Waals surface area contributed by atoms with Gasteiger partial charge in [-0.2, -0.15) is 27.2 Å². The lowest BCUT2D eigenvalue weighted by atomic mass is 10.1. The Balaban J connectivity index is 2.11. The van der Waals surface area contributed by atoms with E-state index in [1.807, 2.05) is 6.07 Å². The number of aliphatic imine (C=N–C) groups is 1. The Morgan fingerprint density at radius 1 is 1.08 bits per heavy atom. The van der Waals surface area contributed by atoms with Crippen LogP contribution in [0, 0.1) is 11.3 Å². The van der Waals surface area contributed by atoms with Crippen LogP contribution in [-0.4, -0.2) is 48.5 Å². The first-order valence-electron chi connectivity index (χ1n) is 10.2. The summed E-state index contributed by atoms with van der Waals surface area (Å²) in [5, 5.41) is 15.2. The number of sulfone groups is 1. The van der Waals surface area contributed by atoms with E-state index in [2.05, 4.69) is 25.7 Å². The normalized spacial score (nSPS) is 12.8. The summed E-state index contributed by atoms with van der Waals surface area (Å²) in [4.78, 5) is 12.7. The summed E-state index contributed by atoms with van der Waals surface area (Å²) >= 11 is 0. The maximum atomic E-state index is 13.5. The van der Waals surface area contributed by atoms with Gasteiger partial charge < -0.3 is 0 Å². The van der Waals surface area contributed by atoms with Crippen molar-refractivity contribution in [3.05, 3.63) is 65.6 Å². The van der Waals surface area contributed by atoms with Gasteiger partial charge in [0.2, 0.25) is 0 Å². The Morgan fingerprint density at radius 3 is 2.27 bits per heavy atom. The van der Waals surface area contributed by atoms with Gasteiger partial charge in [-0.1, -0.05) is 19.1 Å². The second-order valence-electron chi connectivity index (χ2n) is 7.28. The standard InChI is InChI=1S/C22H17F5N6O3S/c1-3-37(34,35)16-10-15(14-6-4-13(11-28)5-7-14)12-29-19(16)20(33-36-2)30-18-9-8-17(31-32-18)21(23,24)22(25,26)27/h4-10,12H,3H2,1-2H3,(H,30,32,33). The summed E-state index contributed by atoms with van der Waals surface area (Å²) < 4.78 is 90.5. The molecule has 0 aliphatic rings. The molecule has 1 aromatic carbocycles. The number of halogens is 5. The van der Waals surface area contributed by atoms with Crippen LogP contribution in [0.15, 0.2) is 58.5 Å². The van der Waals surface area contributed by atoms with E-state index in [0.29, 0.717) is 22.8 Å². The molecule has 0 bridgehead atoms. The van der Waals surface area contributed by atoms with Crippen LogP contribution in [0.3, 0.4) is 0 Å². The predicted molar refractivity (Wildman–Crippen MR) is 120 cm³/mol. The summed E-state index contributed by atoms with van der Waals surface area (Å²) in [5.74, 6) is -6.31. The van der Waals surface area contributed by atoms with Gasteiger partial charge in [-0.05, 0) is 35.9 Å². The van der Waals surface area contributed by atoms with E-state index in [1.165, 1.54) is 26.3 Å². The van der Waals surface area contributed by atoms with Gasteiger partial charge in [-0.25, -0.2) is 18.9 Å². The average Bonchev–Trinajstić information content (AvgIpc) is 2.88. The van der Waals surface area contributed by atoms with E-state index in [1.54, 1.807) is 24.3 Å². The zero-order valence-electron chi connectivity index (χ0n) is 19.1. The van der Waals surface area contributed by atoms with Crippen molar-refractivity contribution in [2.45, 2.75) is 23.9 Å². The molecule has 0 saturated carbocycles. The highest BCUT2D eigenvalue weighted by Crippen LogP contribution is 2.42. The van der Waals surface area contributed by atoms with Gasteiger partial charge >= 0.3 is 12.1 Å². The molecule has 0 radical (unpaired) electrons. The van der Waals surface area contributed by atoms with Gasteiger partial charge in [0.15, 0.2) is 21.5 Å². The van der Waals surface area contributed by atoms with Gasteiger partial charge in [0.1, 0.15) is 11.4 Å². The minimum atomic E-state index is -5.88. The first-order chi connectivity index (χ1) is 17.3. The molecule has 1 N–H and O–H groups in total. The molecule has 3 aromatic rings. The SMILES string of the molecule is CCS(=O)(=O)c1cc(-c2ccc(C#N)cc2)cnc1C(=Nc1ccc(C(F)(F)C(F)(F)F)nn1)NOC. The number of hydrogen-bond acceptors (Lipinski definition) is 8. The number of amidine groups is 1. The largest absolute Gasteiger partial charge is 0.459 e. The summed E-state index contributed by atoms with van der Waals surface area (Å²) in [6.07, 6.45) is -4.55. The molecule has 2 aromatic heterocycles. The van der Waals surface area contributed by atoms with Crippen LogP contribution in [0.2, 0.25) is 0 Å². The fourth-order valence-electron chi connectivity index (χ4n) is 2.94. The van der Waals surface area contributed by atoms with Gasteiger partial charge in [0.25, 0.3) is 0 Å². The first-order valence-corrected chi connectivity index (χ1v) is 11.9. The molecule has 9 nitrogen and oxygen atoms in total. The number of pyridine rings is 1. The topological polar surface area (TPSA) is 130 Å². The lowest BCUT2D eigenvalue weighted by Gasteiger charge is -2.18. The molecule has 194 valence electrons. The molecular weight excluding hydrogens is 523 g/mol. The van der Waals surface area contributed by atoms with E-state index in [-0.39, 0.29) is 22.2 Å². The molecule has 0 saturated heterocycles. The van der Waals surface area contributed by atoms with E-state index in [9.17, 15) is 30.4 Å². The molecule has 15 heteroatoms. The van der Waals surface area contributed by atoms with Crippen molar-refractivity contribution in [2.75, 3.05) is 12.9 Å². The molecule has 0 fully saturated rings. The van der Waals surface area contributed by atoms with Crippen molar-refractivity contribution in [3.63, 3.8) is 0 Å². The van der Waals surface area contributed by atoms with Crippen LogP contribution >= 0.6 is 0 Å². The Kier molecular flexibility index (Phi) is 7.84. The number of benzene rings is 1. The maximum Gasteiger partial charge on any atom is 0.459 e. The fourth-order valence-corrected chi connectivity index (χ4v) is 4.00. The Bertz CT molecular complexity index is 1450. The van der Waals surface area contributed by atoms with Crippen LogP contribution in [0.5, 0.6) is 0 Å². The van der Waals surface area contributed by atoms with Crippen molar-refractivity contribution in [1.82, 2.24) is 20.7 Å². The first kappa shape index (κ1) is 27.6. The predicted octanol–water partition coefficient (Wildman–Crippen LogP) is 4.09. The maximum absolute atomic E-state index is 13.5. The summed E-state index contributed by atoms with van der Waals surface area (Å²) in [5.41, 5.74) is 1.81. The van der Waals surface area contributed by atoms with Crippen LogP contribution in [0.25, 0.3) is 11.1 Å². The van der Waals surface area contributed by atoms with Gasteiger partial charge in [-0.3, -0.25) is 9.82 Å². The molecule has 0 unspecified atom stereocenters. The van der Waals surface area contributed by atoms with Crippen molar-refractivity contribution in [2.24, 2.45) is 4.99 Å². The van der Waals surface area contributed by atoms with Gasteiger partial charge in [0, 0.05) is 11.8 Å². The summed E-state index contributed by atoms with van der Waals surface area (Å²) in [6.45, 7) is 1.40. The number of nitriles is 1. The van der Waals surface area contributed by atoms with Gasteiger partial charge in [0.05, 0.1) is 29.4 Å². The molecule has 0 aliphatic carbocycles. The molecule has 2 heterocycles. The third kappa shape index (κ3) is 5.87. The van der Waals surface area contributed by atoms with Crippen LogP contribution in [0.1, 0.15) is 23.9 Å². The quantitative estimate of drug-likeness (QED) is 0.205. The average molecular weight is 540 g/mol. The third-order valence-electron chi connectivity index (χ3n) is 4.89. The van der Waals surface area contributed by atoms with E-state index in [0.717, 1.165) is 6.07 Å². The van der Waals surface area contributed by atoms with Crippen molar-refractivity contribution < 1.29 is 35.2 Å². The molecule has 37 heavy (non-hydrogen) atoms. The van der Waals surface area contributed by atoms with E-state index >= 15 is 0 Å². The molecular formula is C22H17F5N6O3S. The lowest BCUT2D eigenvalue weighted by Crippen LogP contribution is -2.34. The number of alkyl halides is 5. The molecule has 0 atom stereocenters. The highest BCUT2D eigenvalue weighted by atomic mass is 32.2. The van der Waals surface area contributed by atoms with Crippen LogP contribution in [-0.2, 0) is 20.6 Å². The minimum absolute atomic E-state index is 0.229. The monoisotopic (exact) mass is 540 g/mol. The number of aromatic nitrogens is 3. The smallest absolute Gasteiger partial charge is 0.278 e. The van der Waals surface area contributed by atoms with E-state index in [4.69, 9.17) is 10.1 Å². The molecule has 0 spiro atoms. The number of nitrogens with one attached hydrogen (secondary N) is 1. The molecule has 0 amide bonds. The zero-order valence-corrected chi connectivity index (χ0v) is 19.9. The number of rotatable bonds is 7. The second-order valence-corrected chi connectivity index (χ2v) is 9.53. The van der Waals surface area contributed by atoms with Crippen molar-refractivity contribution in [1.29, 1.82) is 5.26 Å². The fraction of sp³-hybridized carbons (Fsp3) is 0.227. The zero-order chi connectivity index (χ0) is 27.4. The lowest BCUT2D eigenvalue weighted by molar-refractivity contribution is -0.291. The van der Waals surface area contributed by atoms with Crippen molar-refractivity contribution >= 4 is 21.5 Å². The Labute approximate surface area is 207 Å².